The van der Waals surface area contributed by atoms with E-state index < -0.39 is 24.3 Å². The highest BCUT2D eigenvalue weighted by molar-refractivity contribution is 6.04. The van der Waals surface area contributed by atoms with Crippen LogP contribution in [0.3, 0.4) is 0 Å². The van der Waals surface area contributed by atoms with Crippen molar-refractivity contribution in [2.24, 2.45) is 11.8 Å². The third-order valence-electron chi connectivity index (χ3n) is 4.97. The molecular formula is C25H35N3O8. The molecule has 0 aromatic heterocycles. The summed E-state index contributed by atoms with van der Waals surface area (Å²) >= 11 is 0. The van der Waals surface area contributed by atoms with Crippen LogP contribution in [0.25, 0.3) is 0 Å². The summed E-state index contributed by atoms with van der Waals surface area (Å²) in [4.78, 5) is 71.3. The Morgan fingerprint density at radius 3 is 2.06 bits per heavy atom. The monoisotopic (exact) mass is 505 g/mol. The molecule has 0 unspecified atom stereocenters. The molecule has 1 rings (SSSR count). The Morgan fingerprint density at radius 1 is 0.806 bits per heavy atom. The highest BCUT2D eigenvalue weighted by Gasteiger charge is 2.17. The van der Waals surface area contributed by atoms with Crippen molar-refractivity contribution in [1.29, 1.82) is 0 Å². The van der Waals surface area contributed by atoms with Crippen molar-refractivity contribution in [3.8, 4) is 0 Å². The first-order valence-electron chi connectivity index (χ1n) is 11.8. The lowest BCUT2D eigenvalue weighted by Gasteiger charge is -2.12. The Balaban J connectivity index is 2.61. The number of hydrogen-bond donors (Lipinski definition) is 4. The summed E-state index contributed by atoms with van der Waals surface area (Å²) < 4.78 is 5.31. The molecular weight excluding hydrogens is 470 g/mol. The van der Waals surface area contributed by atoms with Crippen molar-refractivity contribution >= 4 is 40.9 Å². The van der Waals surface area contributed by atoms with E-state index in [1.807, 2.05) is 13.8 Å². The van der Waals surface area contributed by atoms with E-state index in [0.29, 0.717) is 6.42 Å². The van der Waals surface area contributed by atoms with Gasteiger partial charge >= 0.3 is 5.97 Å². The molecule has 0 fully saturated rings. The minimum absolute atomic E-state index is 0.0193. The van der Waals surface area contributed by atoms with E-state index in [9.17, 15) is 28.8 Å². The van der Waals surface area contributed by atoms with Crippen LogP contribution in [0.4, 0.5) is 5.69 Å². The highest BCUT2D eigenvalue weighted by Crippen LogP contribution is 2.19. The zero-order valence-corrected chi connectivity index (χ0v) is 21.1. The van der Waals surface area contributed by atoms with Gasteiger partial charge in [0.2, 0.25) is 11.8 Å². The number of Topliss-reactive ketones (excluding diaryl/α,β-unsaturated/α-hetero) is 2. The van der Waals surface area contributed by atoms with E-state index in [1.165, 1.54) is 18.2 Å². The molecule has 0 aliphatic heterocycles. The number of rotatable bonds is 16. The second-order valence-corrected chi connectivity index (χ2v) is 8.78. The molecule has 4 N–H and O–H groups in total. The first-order chi connectivity index (χ1) is 16.9. The minimum Gasteiger partial charge on any atom is -0.480 e. The van der Waals surface area contributed by atoms with Gasteiger partial charge in [-0.25, -0.2) is 0 Å². The van der Waals surface area contributed by atoms with Gasteiger partial charge in [0, 0.05) is 54.5 Å². The van der Waals surface area contributed by atoms with Crippen LogP contribution < -0.4 is 16.0 Å². The van der Waals surface area contributed by atoms with Crippen molar-refractivity contribution < 1.29 is 38.6 Å². The number of amides is 3. The molecule has 0 radical (unpaired) electrons. The fourth-order valence-electron chi connectivity index (χ4n) is 2.93. The van der Waals surface area contributed by atoms with E-state index >= 15 is 0 Å². The number of carboxylic acid groups (broad SMARTS) is 1. The molecule has 0 aliphatic rings. The topological polar surface area (TPSA) is 168 Å². The zero-order valence-electron chi connectivity index (χ0n) is 21.1. The summed E-state index contributed by atoms with van der Waals surface area (Å²) in [6.07, 6.45) is 0.0887. The van der Waals surface area contributed by atoms with Crippen LogP contribution in [-0.2, 0) is 23.9 Å². The Labute approximate surface area is 210 Å². The van der Waals surface area contributed by atoms with Gasteiger partial charge in [0.1, 0.15) is 12.3 Å². The van der Waals surface area contributed by atoms with E-state index in [1.54, 1.807) is 13.8 Å². The molecule has 0 heterocycles. The summed E-state index contributed by atoms with van der Waals surface area (Å²) in [5, 5.41) is 16.2. The largest absolute Gasteiger partial charge is 0.480 e. The highest BCUT2D eigenvalue weighted by atomic mass is 16.5. The van der Waals surface area contributed by atoms with Gasteiger partial charge in [-0.1, -0.05) is 27.7 Å². The molecule has 0 aliphatic carbocycles. The number of carbonyl (C=O) groups is 6. The molecule has 0 bridgehead atoms. The van der Waals surface area contributed by atoms with Gasteiger partial charge in [-0.3, -0.25) is 28.8 Å². The number of benzene rings is 1. The third kappa shape index (κ3) is 11.7. The smallest absolute Gasteiger partial charge is 0.322 e. The molecule has 11 nitrogen and oxygen atoms in total. The quantitative estimate of drug-likeness (QED) is 0.195. The Bertz CT molecular complexity index is 972. The predicted octanol–water partition coefficient (Wildman–Crippen LogP) is 1.81. The molecule has 1 aromatic rings. The van der Waals surface area contributed by atoms with E-state index in [0.717, 1.165) is 0 Å². The maximum Gasteiger partial charge on any atom is 0.322 e. The Hall–Kier alpha value is -3.60. The Kier molecular flexibility index (Phi) is 13.0. The normalized spacial score (nSPS) is 10.7. The fourth-order valence-corrected chi connectivity index (χ4v) is 2.93. The van der Waals surface area contributed by atoms with Gasteiger partial charge in [-0.05, 0) is 18.2 Å². The summed E-state index contributed by atoms with van der Waals surface area (Å²) in [6, 6.07) is 4.09. The molecule has 0 spiro atoms. The van der Waals surface area contributed by atoms with Crippen molar-refractivity contribution in [1.82, 2.24) is 10.6 Å². The van der Waals surface area contributed by atoms with Crippen LogP contribution in [0, 0.1) is 11.8 Å². The molecule has 198 valence electrons. The first-order valence-corrected chi connectivity index (χ1v) is 11.8. The van der Waals surface area contributed by atoms with Crippen LogP contribution in [-0.4, -0.2) is 66.7 Å². The van der Waals surface area contributed by atoms with Crippen LogP contribution in [0.2, 0.25) is 0 Å². The average molecular weight is 506 g/mol. The van der Waals surface area contributed by atoms with Crippen molar-refractivity contribution in [3.05, 3.63) is 29.3 Å². The van der Waals surface area contributed by atoms with Gasteiger partial charge in [-0.2, -0.15) is 0 Å². The number of nitrogens with one attached hydrogen (secondary N) is 3. The van der Waals surface area contributed by atoms with Crippen LogP contribution in [0.1, 0.15) is 67.7 Å². The second-order valence-electron chi connectivity index (χ2n) is 8.78. The SMILES string of the molecule is CC(C)C(=O)CCOCCNC(=O)CCC(=O)Nc1cc(C(=O)NCC(=O)O)cc(C(=O)C(C)C)c1. The summed E-state index contributed by atoms with van der Waals surface area (Å²) in [7, 11) is 0. The minimum atomic E-state index is -1.22. The molecule has 0 atom stereocenters. The van der Waals surface area contributed by atoms with Crippen molar-refractivity contribution in [2.75, 3.05) is 31.6 Å². The predicted molar refractivity (Wildman–Crippen MR) is 132 cm³/mol. The van der Waals surface area contributed by atoms with E-state index in [-0.39, 0.29) is 78.7 Å². The maximum absolute atomic E-state index is 12.4. The zero-order chi connectivity index (χ0) is 27.3. The lowest BCUT2D eigenvalue weighted by Crippen LogP contribution is -2.29. The average Bonchev–Trinajstić information content (AvgIpc) is 2.82. The summed E-state index contributed by atoms with van der Waals surface area (Å²) in [5.41, 5.74) is 0.388. The van der Waals surface area contributed by atoms with Crippen molar-refractivity contribution in [2.45, 2.75) is 47.0 Å². The van der Waals surface area contributed by atoms with E-state index in [4.69, 9.17) is 9.84 Å². The van der Waals surface area contributed by atoms with Gasteiger partial charge in [-0.15, -0.1) is 0 Å². The molecule has 11 heteroatoms. The fraction of sp³-hybridized carbons (Fsp3) is 0.520. The molecule has 0 saturated heterocycles. The van der Waals surface area contributed by atoms with Crippen molar-refractivity contribution in [3.63, 3.8) is 0 Å². The number of carboxylic acids is 1. The van der Waals surface area contributed by atoms with Crippen LogP contribution in [0.5, 0.6) is 0 Å². The second kappa shape index (κ2) is 15.4. The molecule has 3 amide bonds. The molecule has 0 saturated carbocycles. The number of ether oxygens (including phenoxy) is 1. The molecule has 36 heavy (non-hydrogen) atoms. The lowest BCUT2D eigenvalue weighted by molar-refractivity contribution is -0.135. The third-order valence-corrected chi connectivity index (χ3v) is 4.97. The van der Waals surface area contributed by atoms with Gasteiger partial charge in [0.05, 0.1) is 13.2 Å². The lowest BCUT2D eigenvalue weighted by atomic mass is 9.98. The number of ketones is 2. The first kappa shape index (κ1) is 30.4. The van der Waals surface area contributed by atoms with Gasteiger partial charge in [0.15, 0.2) is 5.78 Å². The molecule has 1 aromatic carbocycles. The van der Waals surface area contributed by atoms with E-state index in [2.05, 4.69) is 16.0 Å². The van der Waals surface area contributed by atoms with Crippen LogP contribution in [0.15, 0.2) is 18.2 Å². The van der Waals surface area contributed by atoms with Crippen LogP contribution >= 0.6 is 0 Å². The van der Waals surface area contributed by atoms with Gasteiger partial charge in [0.25, 0.3) is 5.91 Å². The summed E-state index contributed by atoms with van der Waals surface area (Å²) in [6.45, 7) is 7.18. The number of hydrogen-bond acceptors (Lipinski definition) is 7. The summed E-state index contributed by atoms with van der Waals surface area (Å²) in [5.74, 6) is -3.35. The number of aliphatic carboxylic acids is 1. The maximum atomic E-state index is 12.4. The van der Waals surface area contributed by atoms with Gasteiger partial charge < -0.3 is 25.8 Å². The Morgan fingerprint density at radius 2 is 1.44 bits per heavy atom. The number of carbonyl (C=O) groups excluding carboxylic acids is 5. The standard InChI is InChI=1S/C25H35N3O8/c1-15(2)20(29)7-9-36-10-8-26-21(30)5-6-22(31)28-19-12-17(24(34)16(3)4)11-18(13-19)25(35)27-14-23(32)33/h11-13,15-16H,5-10,14H2,1-4H3,(H,26,30)(H,27,35)(H,28,31)(H,32,33). The number of anilines is 1.